The third kappa shape index (κ3) is 4.42. The van der Waals surface area contributed by atoms with Gasteiger partial charge < -0.3 is 19.4 Å². The molecule has 1 aliphatic rings. The first-order valence-electron chi connectivity index (χ1n) is 11.1. The van der Waals surface area contributed by atoms with Gasteiger partial charge in [-0.15, -0.1) is 0 Å². The highest BCUT2D eigenvalue weighted by Gasteiger charge is 2.48. The smallest absolute Gasteiger partial charge is 0.307 e. The lowest BCUT2D eigenvalue weighted by Gasteiger charge is -2.23. The van der Waals surface area contributed by atoms with Crippen LogP contribution in [0.3, 0.4) is 0 Å². The number of carbonyl (C=O) groups excluding carboxylic acids is 2. The van der Waals surface area contributed by atoms with Crippen LogP contribution in [0.15, 0.2) is 70.9 Å². The maximum absolute atomic E-state index is 13.2. The Labute approximate surface area is 202 Å². The fourth-order valence-electron chi connectivity index (χ4n) is 4.25. The number of rotatable bonds is 7. The summed E-state index contributed by atoms with van der Waals surface area (Å²) in [4.78, 5) is 38.6. The average molecular weight is 475 g/mol. The number of aliphatic hydroxyl groups excluding tert-OH is 1. The molecule has 1 aromatic heterocycles. The van der Waals surface area contributed by atoms with Crippen LogP contribution in [0.2, 0.25) is 0 Å². The number of furan rings is 1. The average Bonchev–Trinajstić information content (AvgIpc) is 3.45. The molecule has 1 atom stereocenters. The van der Waals surface area contributed by atoms with Crippen LogP contribution in [0.25, 0.3) is 5.76 Å². The molecular formula is C27H25NO7. The van der Waals surface area contributed by atoms with Gasteiger partial charge in [-0.2, -0.15) is 0 Å². The molecule has 1 aliphatic heterocycles. The molecule has 0 bridgehead atoms. The highest BCUT2D eigenvalue weighted by Crippen LogP contribution is 2.43. The molecule has 8 nitrogen and oxygen atoms in total. The first-order valence-corrected chi connectivity index (χ1v) is 11.1. The van der Waals surface area contributed by atoms with Gasteiger partial charge >= 0.3 is 5.97 Å². The maximum Gasteiger partial charge on any atom is 0.307 e. The zero-order valence-electron chi connectivity index (χ0n) is 19.5. The van der Waals surface area contributed by atoms with Crippen LogP contribution in [-0.2, 0) is 20.8 Å². The van der Waals surface area contributed by atoms with Crippen LogP contribution in [-0.4, -0.2) is 35.0 Å². The summed E-state index contributed by atoms with van der Waals surface area (Å²) >= 11 is 0. The van der Waals surface area contributed by atoms with Crippen LogP contribution in [0, 0.1) is 0 Å². The number of carbonyl (C=O) groups is 3. The molecule has 8 heteroatoms. The Morgan fingerprint density at radius 1 is 1.09 bits per heavy atom. The number of amides is 1. The standard InChI is InChI=1S/C27H25NO7/c1-15(2)19-14-17(8-11-20(19)34-3)25(31)23-24(21-5-4-12-35-21)28(27(33)26(23)32)18-9-6-16(7-10-18)13-22(29)30/h4-12,14-15,24,31H,13H2,1-3H3,(H,29,30)/b25-23-. The van der Waals surface area contributed by atoms with Crippen LogP contribution < -0.4 is 9.64 Å². The number of hydrogen-bond donors (Lipinski definition) is 2. The molecule has 0 radical (unpaired) electrons. The molecule has 0 saturated carbocycles. The van der Waals surface area contributed by atoms with Crippen molar-refractivity contribution in [1.29, 1.82) is 0 Å². The van der Waals surface area contributed by atoms with E-state index >= 15 is 0 Å². The van der Waals surface area contributed by atoms with E-state index in [9.17, 15) is 19.5 Å². The predicted octanol–water partition coefficient (Wildman–Crippen LogP) is 4.67. The predicted molar refractivity (Wildman–Crippen MR) is 128 cm³/mol. The van der Waals surface area contributed by atoms with Gasteiger partial charge in [-0.05, 0) is 59.5 Å². The van der Waals surface area contributed by atoms with E-state index < -0.39 is 23.7 Å². The first-order chi connectivity index (χ1) is 16.7. The summed E-state index contributed by atoms with van der Waals surface area (Å²) in [6.07, 6.45) is 1.26. The zero-order chi connectivity index (χ0) is 25.3. The number of aliphatic hydroxyl groups is 1. The van der Waals surface area contributed by atoms with Crippen LogP contribution >= 0.6 is 0 Å². The minimum Gasteiger partial charge on any atom is -0.507 e. The molecule has 0 aliphatic carbocycles. The number of Topliss-reactive ketones (excluding diaryl/α,β-unsaturated/α-hetero) is 1. The van der Waals surface area contributed by atoms with E-state index in [1.165, 1.54) is 11.2 Å². The number of methoxy groups -OCH3 is 1. The van der Waals surface area contributed by atoms with Gasteiger partial charge in [0.1, 0.15) is 23.3 Å². The highest BCUT2D eigenvalue weighted by molar-refractivity contribution is 6.51. The van der Waals surface area contributed by atoms with E-state index in [4.69, 9.17) is 14.3 Å². The lowest BCUT2D eigenvalue weighted by molar-refractivity contribution is -0.136. The molecule has 1 saturated heterocycles. The summed E-state index contributed by atoms with van der Waals surface area (Å²) < 4.78 is 11.0. The van der Waals surface area contributed by atoms with E-state index in [0.29, 0.717) is 28.3 Å². The molecule has 0 spiro atoms. The Balaban J connectivity index is 1.85. The second-order valence-electron chi connectivity index (χ2n) is 8.53. The van der Waals surface area contributed by atoms with E-state index in [1.807, 2.05) is 13.8 Å². The number of anilines is 1. The summed E-state index contributed by atoms with van der Waals surface area (Å²) in [6.45, 7) is 3.97. The maximum atomic E-state index is 13.2. The molecule has 1 amide bonds. The summed E-state index contributed by atoms with van der Waals surface area (Å²) in [6, 6.07) is 13.7. The van der Waals surface area contributed by atoms with Crippen molar-refractivity contribution in [3.63, 3.8) is 0 Å². The Bertz CT molecular complexity index is 1300. The fourth-order valence-corrected chi connectivity index (χ4v) is 4.25. The Hall–Kier alpha value is -4.33. The van der Waals surface area contributed by atoms with Gasteiger partial charge in [-0.25, -0.2) is 0 Å². The van der Waals surface area contributed by atoms with Crippen molar-refractivity contribution in [2.45, 2.75) is 32.2 Å². The molecule has 3 aromatic rings. The summed E-state index contributed by atoms with van der Waals surface area (Å²) in [5.41, 5.74) is 2.04. The Morgan fingerprint density at radius 3 is 2.37 bits per heavy atom. The van der Waals surface area contributed by atoms with E-state index in [2.05, 4.69) is 0 Å². The second-order valence-corrected chi connectivity index (χ2v) is 8.53. The zero-order valence-corrected chi connectivity index (χ0v) is 19.5. The van der Waals surface area contributed by atoms with E-state index in [-0.39, 0.29) is 23.7 Å². The topological polar surface area (TPSA) is 117 Å². The second kappa shape index (κ2) is 9.50. The number of ketones is 1. The monoisotopic (exact) mass is 475 g/mol. The third-order valence-corrected chi connectivity index (χ3v) is 5.95. The molecule has 4 rings (SSSR count). The summed E-state index contributed by atoms with van der Waals surface area (Å²) in [5, 5.41) is 20.3. The van der Waals surface area contributed by atoms with Gasteiger partial charge in [0.25, 0.3) is 11.7 Å². The minimum absolute atomic E-state index is 0.0882. The minimum atomic E-state index is -1.00. The van der Waals surface area contributed by atoms with Crippen LogP contribution in [0.4, 0.5) is 5.69 Å². The Kier molecular flexibility index (Phi) is 6.46. The van der Waals surface area contributed by atoms with Gasteiger partial charge in [-0.1, -0.05) is 26.0 Å². The molecule has 180 valence electrons. The van der Waals surface area contributed by atoms with Gasteiger partial charge in [-0.3, -0.25) is 19.3 Å². The first kappa shape index (κ1) is 23.8. The lowest BCUT2D eigenvalue weighted by atomic mass is 9.95. The molecule has 35 heavy (non-hydrogen) atoms. The normalized spacial score (nSPS) is 17.3. The van der Waals surface area contributed by atoms with Gasteiger partial charge in [0.05, 0.1) is 25.4 Å². The fraction of sp³-hybridized carbons (Fsp3) is 0.222. The van der Waals surface area contributed by atoms with Crippen molar-refractivity contribution >= 4 is 29.1 Å². The molecule has 1 fully saturated rings. The lowest BCUT2D eigenvalue weighted by Crippen LogP contribution is -2.29. The molecule has 1 unspecified atom stereocenters. The van der Waals surface area contributed by atoms with Crippen molar-refractivity contribution in [3.8, 4) is 5.75 Å². The number of nitrogens with zero attached hydrogens (tertiary/aromatic N) is 1. The molecule has 2 aromatic carbocycles. The number of carboxylic acids is 1. The molecular weight excluding hydrogens is 450 g/mol. The molecule has 2 N–H and O–H groups in total. The number of ether oxygens (including phenoxy) is 1. The number of hydrogen-bond acceptors (Lipinski definition) is 6. The summed E-state index contributed by atoms with van der Waals surface area (Å²) in [7, 11) is 1.56. The summed E-state index contributed by atoms with van der Waals surface area (Å²) in [5.74, 6) is -1.92. The molecule has 2 heterocycles. The van der Waals surface area contributed by atoms with Gasteiger partial charge in [0, 0.05) is 11.3 Å². The van der Waals surface area contributed by atoms with Crippen LogP contribution in [0.1, 0.15) is 48.3 Å². The largest absolute Gasteiger partial charge is 0.507 e. The SMILES string of the molecule is COc1ccc(/C(O)=C2/C(=O)C(=O)N(c3ccc(CC(=O)O)cc3)C2c2ccco2)cc1C(C)C. The number of aliphatic carboxylic acids is 1. The Morgan fingerprint density at radius 2 is 1.80 bits per heavy atom. The van der Waals surface area contributed by atoms with Crippen molar-refractivity contribution in [3.05, 3.63) is 88.9 Å². The van der Waals surface area contributed by atoms with Crippen molar-refractivity contribution in [2.75, 3.05) is 12.0 Å². The van der Waals surface area contributed by atoms with E-state index in [0.717, 1.165) is 5.56 Å². The number of benzene rings is 2. The highest BCUT2D eigenvalue weighted by atomic mass is 16.5. The van der Waals surface area contributed by atoms with Crippen molar-refractivity contribution < 1.29 is 33.8 Å². The quantitative estimate of drug-likeness (QED) is 0.290. The third-order valence-electron chi connectivity index (χ3n) is 5.95. The number of carboxylic acid groups (broad SMARTS) is 1. The van der Waals surface area contributed by atoms with Crippen molar-refractivity contribution in [1.82, 2.24) is 0 Å². The van der Waals surface area contributed by atoms with Gasteiger partial charge in [0.2, 0.25) is 0 Å². The van der Waals surface area contributed by atoms with Crippen molar-refractivity contribution in [2.24, 2.45) is 0 Å². The van der Waals surface area contributed by atoms with Crippen LogP contribution in [0.5, 0.6) is 5.75 Å². The van der Waals surface area contributed by atoms with E-state index in [1.54, 1.807) is 61.7 Å². The van der Waals surface area contributed by atoms with Gasteiger partial charge in [0.15, 0.2) is 0 Å².